The van der Waals surface area contributed by atoms with Gasteiger partial charge in [0.05, 0.1) is 5.69 Å². The van der Waals surface area contributed by atoms with Gasteiger partial charge in [0.15, 0.2) is 0 Å². The normalized spacial score (nSPS) is 13.2. The summed E-state index contributed by atoms with van der Waals surface area (Å²) in [4.78, 5) is 7.69. The lowest BCUT2D eigenvalue weighted by Crippen LogP contribution is -2.60. The zero-order valence-corrected chi connectivity index (χ0v) is 48.7. The van der Waals surface area contributed by atoms with Gasteiger partial charge in [-0.2, -0.15) is 0 Å². The third kappa shape index (κ3) is 8.47. The van der Waals surface area contributed by atoms with Crippen LogP contribution in [0.1, 0.15) is 79.0 Å². The Balaban J connectivity index is 1.11. The maximum atomic E-state index is 2.68. The standard InChI is InChI=1S/C76H66BN3S/c1-74(2,3)51-34-37-56(38-35-51)79-65-48-58(78(54-28-18-12-19-29-54)55-30-20-13-21-31-55)40-42-64(65)77-71-66(79)45-53(76(7,8)9)46-67(71)80(72-63-44-52(75(4,5)6)36-43-68(63)81-73(72)77)57-39-41-61-62(47-57)70(50-26-16-11-17-27-50)60-33-23-22-32-59(60)69(61)49-24-14-10-15-25-49/h10-48H,1-9H3. The van der Waals surface area contributed by atoms with Crippen LogP contribution in [0, 0.1) is 0 Å². The van der Waals surface area contributed by atoms with Crippen molar-refractivity contribution in [3.8, 4) is 22.3 Å². The first-order chi connectivity index (χ1) is 39.1. The molecule has 0 saturated heterocycles. The molecule has 0 atom stereocenters. The van der Waals surface area contributed by atoms with Crippen molar-refractivity contribution in [2.75, 3.05) is 14.7 Å². The van der Waals surface area contributed by atoms with Crippen molar-refractivity contribution in [2.24, 2.45) is 0 Å². The number of para-hydroxylation sites is 2. The molecular weight excluding hydrogens is 998 g/mol. The van der Waals surface area contributed by atoms with Crippen LogP contribution in [0.5, 0.6) is 0 Å². The van der Waals surface area contributed by atoms with Crippen LogP contribution >= 0.6 is 11.3 Å². The summed E-state index contributed by atoms with van der Waals surface area (Å²) in [6, 6.07) is 89.2. The van der Waals surface area contributed by atoms with Crippen LogP contribution in [0.25, 0.3) is 53.9 Å². The third-order valence-corrected chi connectivity index (χ3v) is 18.3. The average molecular weight is 1060 g/mol. The zero-order chi connectivity index (χ0) is 55.5. The number of nitrogens with zero attached hydrogens (tertiary/aromatic N) is 3. The van der Waals surface area contributed by atoms with Crippen molar-refractivity contribution in [1.82, 2.24) is 0 Å². The van der Waals surface area contributed by atoms with E-state index in [1.165, 1.54) is 109 Å². The van der Waals surface area contributed by atoms with Crippen LogP contribution in [0.2, 0.25) is 0 Å². The van der Waals surface area contributed by atoms with Crippen molar-refractivity contribution in [3.63, 3.8) is 0 Å². The molecule has 0 radical (unpaired) electrons. The van der Waals surface area contributed by atoms with Gasteiger partial charge < -0.3 is 14.7 Å². The summed E-state index contributed by atoms with van der Waals surface area (Å²) in [5, 5.41) is 6.26. The van der Waals surface area contributed by atoms with Crippen molar-refractivity contribution in [1.29, 1.82) is 0 Å². The second kappa shape index (κ2) is 19.0. The maximum Gasteiger partial charge on any atom is 0.264 e. The molecule has 14 rings (SSSR count). The minimum Gasteiger partial charge on any atom is -0.311 e. The van der Waals surface area contributed by atoms with E-state index in [4.69, 9.17) is 0 Å². The van der Waals surface area contributed by atoms with Gasteiger partial charge in [-0.25, -0.2) is 0 Å². The minimum absolute atomic E-state index is 0.00685. The van der Waals surface area contributed by atoms with Gasteiger partial charge in [-0.05, 0) is 173 Å². The van der Waals surface area contributed by atoms with Gasteiger partial charge >= 0.3 is 0 Å². The highest BCUT2D eigenvalue weighted by Crippen LogP contribution is 2.53. The summed E-state index contributed by atoms with van der Waals surface area (Å²) in [5.74, 6) is 0. The van der Waals surface area contributed by atoms with Crippen LogP contribution < -0.4 is 30.4 Å². The van der Waals surface area contributed by atoms with Crippen LogP contribution in [0.15, 0.2) is 237 Å². The van der Waals surface area contributed by atoms with Gasteiger partial charge in [-0.15, -0.1) is 11.3 Å². The van der Waals surface area contributed by atoms with E-state index in [0.29, 0.717) is 0 Å². The highest BCUT2D eigenvalue weighted by atomic mass is 32.1. The smallest absolute Gasteiger partial charge is 0.264 e. The molecule has 2 aliphatic heterocycles. The maximum absolute atomic E-state index is 2.68. The van der Waals surface area contributed by atoms with Crippen molar-refractivity contribution >= 4 is 117 Å². The number of rotatable bonds is 7. The second-order valence-corrected chi connectivity index (χ2v) is 26.4. The Morgan fingerprint density at radius 2 is 0.852 bits per heavy atom. The number of fused-ring (bicyclic) bond motifs is 8. The van der Waals surface area contributed by atoms with E-state index in [1.54, 1.807) is 0 Å². The molecule has 0 unspecified atom stereocenters. The van der Waals surface area contributed by atoms with E-state index in [2.05, 4.69) is 314 Å². The zero-order valence-electron chi connectivity index (χ0n) is 47.8. The predicted molar refractivity (Wildman–Crippen MR) is 353 cm³/mol. The van der Waals surface area contributed by atoms with Crippen molar-refractivity contribution in [3.05, 3.63) is 253 Å². The number of thiophene rings is 1. The summed E-state index contributed by atoms with van der Waals surface area (Å²) in [6.07, 6.45) is 0. The van der Waals surface area contributed by atoms with Crippen LogP contribution in [-0.2, 0) is 16.2 Å². The largest absolute Gasteiger partial charge is 0.311 e. The fourth-order valence-corrected chi connectivity index (χ4v) is 14.2. The van der Waals surface area contributed by atoms with E-state index in [9.17, 15) is 0 Å². The third-order valence-electron chi connectivity index (χ3n) is 17.0. The SMILES string of the molecule is CC(C)(C)c1ccc(N2c3cc(N(c4ccccc4)c4ccccc4)ccc3B3c4sc5ccc(C(C)(C)C)cc5c4N(c4ccc5c(-c6ccccc6)c6ccccc6c(-c6ccccc6)c5c4)c4cc(C(C)(C)C)cc2c43)cc1. The molecule has 81 heavy (non-hydrogen) atoms. The van der Waals surface area contributed by atoms with E-state index in [-0.39, 0.29) is 23.0 Å². The summed E-state index contributed by atoms with van der Waals surface area (Å²) in [6.45, 7) is 21.0. The number of benzene rings is 11. The molecule has 0 saturated carbocycles. The summed E-state index contributed by atoms with van der Waals surface area (Å²) < 4.78 is 2.66. The molecule has 12 aromatic rings. The monoisotopic (exact) mass is 1060 g/mol. The number of hydrogen-bond donors (Lipinski definition) is 0. The van der Waals surface area contributed by atoms with Crippen LogP contribution in [0.4, 0.5) is 51.2 Å². The van der Waals surface area contributed by atoms with E-state index < -0.39 is 0 Å². The number of hydrogen-bond acceptors (Lipinski definition) is 4. The van der Waals surface area contributed by atoms with Crippen LogP contribution in [-0.4, -0.2) is 6.71 Å². The van der Waals surface area contributed by atoms with Gasteiger partial charge in [-0.1, -0.05) is 214 Å². The van der Waals surface area contributed by atoms with Gasteiger partial charge in [0.1, 0.15) is 0 Å². The molecule has 0 spiro atoms. The molecule has 11 aromatic carbocycles. The average Bonchev–Trinajstić information content (AvgIpc) is 4.13. The molecule has 2 aliphatic rings. The fourth-order valence-electron chi connectivity index (χ4n) is 12.9. The molecule has 0 N–H and O–H groups in total. The molecule has 3 heterocycles. The molecule has 0 aliphatic carbocycles. The van der Waals surface area contributed by atoms with Gasteiger partial charge in [0.25, 0.3) is 6.71 Å². The van der Waals surface area contributed by atoms with Gasteiger partial charge in [-0.3, -0.25) is 0 Å². The second-order valence-electron chi connectivity index (χ2n) is 25.4. The van der Waals surface area contributed by atoms with E-state index in [0.717, 1.165) is 28.4 Å². The topological polar surface area (TPSA) is 9.72 Å². The first-order valence-electron chi connectivity index (χ1n) is 28.7. The Morgan fingerprint density at radius 1 is 0.358 bits per heavy atom. The molecule has 3 nitrogen and oxygen atoms in total. The van der Waals surface area contributed by atoms with Gasteiger partial charge in [0.2, 0.25) is 0 Å². The highest BCUT2D eigenvalue weighted by molar-refractivity contribution is 7.33. The molecule has 0 fully saturated rings. The van der Waals surface area contributed by atoms with Crippen LogP contribution in [0.3, 0.4) is 0 Å². The Bertz CT molecular complexity index is 4350. The first-order valence-corrected chi connectivity index (χ1v) is 29.5. The molecule has 394 valence electrons. The van der Waals surface area contributed by atoms with E-state index >= 15 is 0 Å². The minimum atomic E-state index is -0.197. The Kier molecular flexibility index (Phi) is 11.9. The lowest BCUT2D eigenvalue weighted by molar-refractivity contribution is 0.590. The summed E-state index contributed by atoms with van der Waals surface area (Å²) in [7, 11) is 0. The Labute approximate surface area is 482 Å². The molecular formula is C76H66BN3S. The highest BCUT2D eigenvalue weighted by Gasteiger charge is 2.46. The van der Waals surface area contributed by atoms with Crippen molar-refractivity contribution < 1.29 is 0 Å². The van der Waals surface area contributed by atoms with Gasteiger partial charge in [0, 0.05) is 60.4 Å². The predicted octanol–water partition coefficient (Wildman–Crippen LogP) is 20.0. The quantitative estimate of drug-likeness (QED) is 0.116. The van der Waals surface area contributed by atoms with Crippen molar-refractivity contribution in [2.45, 2.75) is 78.6 Å². The number of anilines is 9. The molecule has 5 heteroatoms. The molecule has 1 aromatic heterocycles. The Hall–Kier alpha value is -8.64. The summed E-state index contributed by atoms with van der Waals surface area (Å²) >= 11 is 1.97. The van der Waals surface area contributed by atoms with E-state index in [1.807, 2.05) is 11.3 Å². The lowest BCUT2D eigenvalue weighted by Gasteiger charge is -2.44. The lowest BCUT2D eigenvalue weighted by atomic mass is 9.36. The first kappa shape index (κ1) is 50.6. The Morgan fingerprint density at radius 3 is 1.42 bits per heavy atom. The summed E-state index contributed by atoms with van der Waals surface area (Å²) in [5.41, 5.74) is 21.7. The molecule has 0 bridgehead atoms. The molecule has 0 amide bonds. The fraction of sp³-hybridized carbons (Fsp3) is 0.158.